The van der Waals surface area contributed by atoms with Crippen LogP contribution >= 0.6 is 7.75 Å². The second-order valence-corrected chi connectivity index (χ2v) is 4.97. The Morgan fingerprint density at radius 2 is 1.64 bits per heavy atom. The van der Waals surface area contributed by atoms with Gasteiger partial charge in [0.05, 0.1) is 12.2 Å². The molecule has 6 nitrogen and oxygen atoms in total. The normalized spacial score (nSPS) is 12.1. The number of hydrogen-bond acceptors (Lipinski definition) is 4. The van der Waals surface area contributed by atoms with Crippen molar-refractivity contribution in [3.05, 3.63) is 0 Å². The Hall–Kier alpha value is -0.580. The fourth-order valence-electron chi connectivity index (χ4n) is 0.780. The van der Waals surface area contributed by atoms with Crippen molar-refractivity contribution in [2.45, 2.75) is 39.9 Å². The lowest BCUT2D eigenvalue weighted by Crippen LogP contribution is -2.30. The summed E-state index contributed by atoms with van der Waals surface area (Å²) < 4.78 is 22.0. The minimum atomic E-state index is -3.49. The van der Waals surface area contributed by atoms with E-state index in [2.05, 4.69) is 5.09 Å². The predicted molar refractivity (Wildman–Crippen MR) is 55.1 cm³/mol. The fraction of sp³-hybridized carbons (Fsp3) is 0.857. The van der Waals surface area contributed by atoms with Crippen molar-refractivity contribution in [3.63, 3.8) is 0 Å². The van der Waals surface area contributed by atoms with Gasteiger partial charge in [-0.2, -0.15) is 0 Å². The van der Waals surface area contributed by atoms with E-state index in [1.807, 2.05) is 0 Å². The minimum Gasteiger partial charge on any atom is -0.370 e. The predicted octanol–water partition coefficient (Wildman–Crippen LogP) is 1.43. The van der Waals surface area contributed by atoms with Gasteiger partial charge < -0.3 is 5.73 Å². The molecule has 0 saturated heterocycles. The van der Waals surface area contributed by atoms with Crippen LogP contribution in [0.2, 0.25) is 0 Å². The topological polar surface area (TPSA) is 97.4 Å². The molecule has 0 aromatic carbocycles. The number of nitrogens with two attached hydrogens (primary N) is 1. The van der Waals surface area contributed by atoms with Crippen molar-refractivity contribution in [1.29, 1.82) is 5.41 Å². The molecule has 0 aliphatic carbocycles. The highest BCUT2D eigenvalue weighted by atomic mass is 31.2. The Labute approximate surface area is 84.3 Å². The van der Waals surface area contributed by atoms with E-state index in [1.54, 1.807) is 27.7 Å². The van der Waals surface area contributed by atoms with Crippen LogP contribution in [0.5, 0.6) is 0 Å². The van der Waals surface area contributed by atoms with Gasteiger partial charge in [-0.1, -0.05) is 0 Å². The average Bonchev–Trinajstić information content (AvgIpc) is 1.76. The van der Waals surface area contributed by atoms with Crippen molar-refractivity contribution in [1.82, 2.24) is 5.09 Å². The molecule has 0 atom stereocenters. The van der Waals surface area contributed by atoms with E-state index in [1.165, 1.54) is 0 Å². The minimum absolute atomic E-state index is 0.272. The van der Waals surface area contributed by atoms with Crippen LogP contribution in [0, 0.1) is 5.41 Å². The van der Waals surface area contributed by atoms with E-state index in [4.69, 9.17) is 20.2 Å². The van der Waals surface area contributed by atoms with Crippen molar-refractivity contribution >= 4 is 13.7 Å². The monoisotopic (exact) mass is 223 g/mol. The molecule has 0 saturated carbocycles. The summed E-state index contributed by atoms with van der Waals surface area (Å²) in [5.74, 6) is -0.436. The highest BCUT2D eigenvalue weighted by Gasteiger charge is 2.28. The SMILES string of the molecule is CC(C)OP(=O)(NC(=N)N)OC(C)C. The largest absolute Gasteiger partial charge is 0.435 e. The van der Waals surface area contributed by atoms with Crippen LogP contribution < -0.4 is 10.8 Å². The van der Waals surface area contributed by atoms with Crippen molar-refractivity contribution < 1.29 is 13.6 Å². The van der Waals surface area contributed by atoms with E-state index < -0.39 is 13.7 Å². The highest BCUT2D eigenvalue weighted by Crippen LogP contribution is 2.45. The average molecular weight is 223 g/mol. The summed E-state index contributed by atoms with van der Waals surface area (Å²) in [6, 6.07) is 0. The van der Waals surface area contributed by atoms with Gasteiger partial charge in [0.25, 0.3) is 0 Å². The Kier molecular flexibility index (Phi) is 5.12. The van der Waals surface area contributed by atoms with E-state index in [9.17, 15) is 4.57 Å². The lowest BCUT2D eigenvalue weighted by atomic mass is 10.5. The summed E-state index contributed by atoms with van der Waals surface area (Å²) in [5.41, 5.74) is 5.07. The van der Waals surface area contributed by atoms with Gasteiger partial charge in [0.15, 0.2) is 5.96 Å². The third-order valence-electron chi connectivity index (χ3n) is 0.957. The zero-order chi connectivity index (χ0) is 11.4. The molecule has 0 unspecified atom stereocenters. The number of guanidine groups is 1. The van der Waals surface area contributed by atoms with Gasteiger partial charge in [-0.3, -0.25) is 19.5 Å². The Balaban J connectivity index is 4.49. The second-order valence-electron chi connectivity index (χ2n) is 3.33. The van der Waals surface area contributed by atoms with E-state index >= 15 is 0 Å². The first-order valence-corrected chi connectivity index (χ1v) is 5.88. The van der Waals surface area contributed by atoms with Crippen LogP contribution in [0.15, 0.2) is 0 Å². The van der Waals surface area contributed by atoms with Gasteiger partial charge in [-0.05, 0) is 27.7 Å². The smallest absolute Gasteiger partial charge is 0.370 e. The van der Waals surface area contributed by atoms with Gasteiger partial charge in [0.2, 0.25) is 0 Å². The van der Waals surface area contributed by atoms with Gasteiger partial charge >= 0.3 is 7.75 Å². The first-order valence-electron chi connectivity index (χ1n) is 4.34. The molecule has 0 fully saturated rings. The Morgan fingerprint density at radius 3 is 1.86 bits per heavy atom. The van der Waals surface area contributed by atoms with E-state index in [-0.39, 0.29) is 12.2 Å². The van der Waals surface area contributed by atoms with Crippen molar-refractivity contribution in [2.24, 2.45) is 5.73 Å². The number of nitrogens with one attached hydrogen (secondary N) is 2. The summed E-state index contributed by atoms with van der Waals surface area (Å²) in [4.78, 5) is 0. The molecule has 0 amide bonds. The van der Waals surface area contributed by atoms with Crippen molar-refractivity contribution in [3.8, 4) is 0 Å². The van der Waals surface area contributed by atoms with Crippen LogP contribution in [0.25, 0.3) is 0 Å². The molecule has 0 rings (SSSR count). The molecule has 84 valence electrons. The zero-order valence-electron chi connectivity index (χ0n) is 8.90. The van der Waals surface area contributed by atoms with Crippen LogP contribution in [-0.4, -0.2) is 18.2 Å². The molecule has 0 radical (unpaired) electrons. The molecule has 14 heavy (non-hydrogen) atoms. The standard InChI is InChI=1S/C7H18N3O3P/c1-5(2)12-14(11,10-7(8)9)13-6(3)4/h5-6H,1-4H3,(H4,8,9,10,11). The molecular formula is C7H18N3O3P. The molecular weight excluding hydrogens is 205 g/mol. The van der Waals surface area contributed by atoms with E-state index in [0.29, 0.717) is 0 Å². The summed E-state index contributed by atoms with van der Waals surface area (Å²) >= 11 is 0. The first-order chi connectivity index (χ1) is 6.25. The Morgan fingerprint density at radius 1 is 1.29 bits per heavy atom. The molecule has 0 aliphatic heterocycles. The molecule has 0 aliphatic rings. The zero-order valence-corrected chi connectivity index (χ0v) is 9.80. The number of hydrogen-bond donors (Lipinski definition) is 3. The summed E-state index contributed by atoms with van der Waals surface area (Å²) in [7, 11) is -3.49. The molecule has 0 spiro atoms. The van der Waals surface area contributed by atoms with Crippen LogP contribution in [-0.2, 0) is 13.6 Å². The highest BCUT2D eigenvalue weighted by molar-refractivity contribution is 7.52. The molecule has 0 aromatic heterocycles. The molecule has 0 aromatic rings. The molecule has 4 N–H and O–H groups in total. The van der Waals surface area contributed by atoms with Gasteiger partial charge in [-0.15, -0.1) is 0 Å². The fourth-order valence-corrected chi connectivity index (χ4v) is 2.34. The van der Waals surface area contributed by atoms with Gasteiger partial charge in [-0.25, -0.2) is 4.57 Å². The molecule has 7 heteroatoms. The van der Waals surface area contributed by atoms with Crippen molar-refractivity contribution in [2.75, 3.05) is 0 Å². The maximum Gasteiger partial charge on any atom is 0.435 e. The maximum atomic E-state index is 11.9. The summed E-state index contributed by atoms with van der Waals surface area (Å²) in [6.07, 6.45) is -0.544. The van der Waals surface area contributed by atoms with Crippen LogP contribution in [0.3, 0.4) is 0 Å². The maximum absolute atomic E-state index is 11.9. The third-order valence-corrected chi connectivity index (χ3v) is 2.87. The summed E-state index contributed by atoms with van der Waals surface area (Å²) in [5, 5.41) is 9.16. The van der Waals surface area contributed by atoms with Crippen LogP contribution in [0.4, 0.5) is 0 Å². The quantitative estimate of drug-likeness (QED) is 0.372. The van der Waals surface area contributed by atoms with E-state index in [0.717, 1.165) is 0 Å². The molecule has 0 bridgehead atoms. The Bertz CT molecular complexity index is 228. The molecule has 0 heterocycles. The van der Waals surface area contributed by atoms with Gasteiger partial charge in [0, 0.05) is 0 Å². The number of rotatable bonds is 5. The first kappa shape index (κ1) is 13.4. The summed E-state index contributed by atoms with van der Waals surface area (Å²) in [6.45, 7) is 6.88. The van der Waals surface area contributed by atoms with Crippen LogP contribution in [0.1, 0.15) is 27.7 Å². The third kappa shape index (κ3) is 5.96. The lowest BCUT2D eigenvalue weighted by Gasteiger charge is -2.22. The lowest BCUT2D eigenvalue weighted by molar-refractivity contribution is 0.139. The second kappa shape index (κ2) is 5.34. The van der Waals surface area contributed by atoms with Gasteiger partial charge in [0.1, 0.15) is 0 Å².